The Balaban J connectivity index is 1.86. The molecule has 164 valence electrons. The molecule has 0 unspecified atom stereocenters. The van der Waals surface area contributed by atoms with E-state index in [9.17, 15) is 21.6 Å². The van der Waals surface area contributed by atoms with Gasteiger partial charge in [-0.25, -0.2) is 21.6 Å². The third-order valence-corrected chi connectivity index (χ3v) is 6.95. The number of ether oxygens (including phenoxy) is 1. The Morgan fingerprint density at radius 2 is 1.66 bits per heavy atom. The molecule has 1 aliphatic rings. The van der Waals surface area contributed by atoms with E-state index in [0.29, 0.717) is 25.2 Å². The zero-order chi connectivity index (χ0) is 21.9. The van der Waals surface area contributed by atoms with E-state index in [1.165, 1.54) is 24.3 Å². The Bertz CT molecular complexity index is 910. The number of rotatable bonds is 6. The van der Waals surface area contributed by atoms with Gasteiger partial charge >= 0.3 is 6.09 Å². The van der Waals surface area contributed by atoms with Crippen molar-refractivity contribution in [1.82, 2.24) is 4.90 Å². The van der Waals surface area contributed by atoms with Crippen molar-refractivity contribution >= 4 is 31.6 Å². The van der Waals surface area contributed by atoms with Gasteiger partial charge in [0.2, 0.25) is 10.0 Å². The van der Waals surface area contributed by atoms with E-state index < -0.39 is 25.5 Å². The third-order valence-electron chi connectivity index (χ3n) is 4.58. The van der Waals surface area contributed by atoms with E-state index in [-0.39, 0.29) is 22.7 Å². The van der Waals surface area contributed by atoms with Crippen LogP contribution in [0.2, 0.25) is 0 Å². The van der Waals surface area contributed by atoms with Crippen LogP contribution in [0.15, 0.2) is 29.2 Å². The van der Waals surface area contributed by atoms with E-state index >= 15 is 0 Å². The van der Waals surface area contributed by atoms with Crippen LogP contribution >= 0.6 is 0 Å². The summed E-state index contributed by atoms with van der Waals surface area (Å²) in [6.45, 7) is 6.60. The lowest BCUT2D eigenvalue weighted by Crippen LogP contribution is -2.41. The first-order chi connectivity index (χ1) is 13.3. The molecule has 1 N–H and O–H groups in total. The van der Waals surface area contributed by atoms with Gasteiger partial charge in [0.25, 0.3) is 0 Å². The maximum atomic E-state index is 12.6. The molecular weight excluding hydrogens is 416 g/mol. The van der Waals surface area contributed by atoms with Gasteiger partial charge in [-0.3, -0.25) is 4.72 Å². The van der Waals surface area contributed by atoms with E-state index in [1.807, 2.05) is 20.8 Å². The summed E-state index contributed by atoms with van der Waals surface area (Å²) in [7, 11) is -6.86. The highest BCUT2D eigenvalue weighted by molar-refractivity contribution is 7.92. The molecule has 1 fully saturated rings. The first-order valence-electron chi connectivity index (χ1n) is 9.54. The molecule has 29 heavy (non-hydrogen) atoms. The maximum absolute atomic E-state index is 12.6. The van der Waals surface area contributed by atoms with Crippen LogP contribution in [0.25, 0.3) is 0 Å². The minimum absolute atomic E-state index is 0.0168. The number of piperidine rings is 1. The standard InChI is InChI=1S/C19H30N2O6S2/c1-19(2,3)27-18(22)21-12-9-15(10-13-21)11-14-29(25,26)17-7-5-16(6-8-17)20-28(4,23)24/h5-8,15,20H,9-14H2,1-4H3. The van der Waals surface area contributed by atoms with Crippen LogP contribution in [0.5, 0.6) is 0 Å². The molecule has 1 amide bonds. The minimum atomic E-state index is -3.46. The summed E-state index contributed by atoms with van der Waals surface area (Å²) >= 11 is 0. The lowest BCUT2D eigenvalue weighted by atomic mass is 9.95. The summed E-state index contributed by atoms with van der Waals surface area (Å²) in [5.41, 5.74) is -0.213. The predicted molar refractivity (Wildman–Crippen MR) is 112 cm³/mol. The van der Waals surface area contributed by atoms with Crippen molar-refractivity contribution in [2.45, 2.75) is 50.5 Å². The maximum Gasteiger partial charge on any atom is 0.410 e. The molecule has 0 aromatic heterocycles. The van der Waals surface area contributed by atoms with Crippen LogP contribution in [0, 0.1) is 5.92 Å². The van der Waals surface area contributed by atoms with Crippen molar-refractivity contribution in [3.05, 3.63) is 24.3 Å². The first-order valence-corrected chi connectivity index (χ1v) is 13.1. The number of benzene rings is 1. The average molecular weight is 447 g/mol. The van der Waals surface area contributed by atoms with E-state index in [0.717, 1.165) is 19.1 Å². The van der Waals surface area contributed by atoms with Crippen LogP contribution < -0.4 is 4.72 Å². The van der Waals surface area contributed by atoms with Crippen LogP contribution in [-0.4, -0.2) is 58.5 Å². The molecule has 1 saturated heterocycles. The van der Waals surface area contributed by atoms with Gasteiger partial charge in [-0.1, -0.05) is 0 Å². The molecule has 10 heteroatoms. The van der Waals surface area contributed by atoms with Gasteiger partial charge in [0, 0.05) is 18.8 Å². The van der Waals surface area contributed by atoms with E-state index in [1.54, 1.807) is 4.90 Å². The topological polar surface area (TPSA) is 110 Å². The van der Waals surface area contributed by atoms with Crippen molar-refractivity contribution in [3.63, 3.8) is 0 Å². The molecule has 0 spiro atoms. The van der Waals surface area contributed by atoms with Crippen molar-refractivity contribution < 1.29 is 26.4 Å². The second-order valence-electron chi connectivity index (χ2n) is 8.42. The van der Waals surface area contributed by atoms with Gasteiger partial charge in [0.05, 0.1) is 16.9 Å². The first kappa shape index (κ1) is 23.5. The molecule has 1 aliphatic heterocycles. The highest BCUT2D eigenvalue weighted by Gasteiger charge is 2.27. The number of nitrogens with one attached hydrogen (secondary N) is 1. The monoisotopic (exact) mass is 446 g/mol. The Hall–Kier alpha value is -1.81. The number of hydrogen-bond acceptors (Lipinski definition) is 6. The lowest BCUT2D eigenvalue weighted by molar-refractivity contribution is 0.0183. The SMILES string of the molecule is CC(C)(C)OC(=O)N1CCC(CCS(=O)(=O)c2ccc(NS(C)(=O)=O)cc2)CC1. The molecule has 1 aromatic carbocycles. The Kier molecular flexibility index (Phi) is 7.21. The minimum Gasteiger partial charge on any atom is -0.444 e. The number of amides is 1. The van der Waals surface area contributed by atoms with Gasteiger partial charge in [0.15, 0.2) is 9.84 Å². The van der Waals surface area contributed by atoms with Crippen LogP contribution in [0.4, 0.5) is 10.5 Å². The van der Waals surface area contributed by atoms with Crippen molar-refractivity contribution in [1.29, 1.82) is 0 Å². The summed E-state index contributed by atoms with van der Waals surface area (Å²) in [6.07, 6.45) is 2.71. The molecule has 0 saturated carbocycles. The Morgan fingerprint density at radius 3 is 2.14 bits per heavy atom. The largest absolute Gasteiger partial charge is 0.444 e. The number of likely N-dealkylation sites (tertiary alicyclic amines) is 1. The molecule has 0 radical (unpaired) electrons. The van der Waals surface area contributed by atoms with E-state index in [2.05, 4.69) is 4.72 Å². The molecule has 0 bridgehead atoms. The molecule has 0 aliphatic carbocycles. The average Bonchev–Trinajstić information content (AvgIpc) is 2.58. The Labute approximate surface area is 173 Å². The fourth-order valence-electron chi connectivity index (χ4n) is 3.11. The summed E-state index contributed by atoms with van der Waals surface area (Å²) < 4.78 is 55.3. The quantitative estimate of drug-likeness (QED) is 0.719. The van der Waals surface area contributed by atoms with Gasteiger partial charge in [-0.15, -0.1) is 0 Å². The number of hydrogen-bond donors (Lipinski definition) is 1. The normalized spacial score (nSPS) is 16.5. The van der Waals surface area contributed by atoms with Gasteiger partial charge in [-0.2, -0.15) is 0 Å². The number of carbonyl (C=O) groups is 1. The zero-order valence-corrected chi connectivity index (χ0v) is 19.0. The van der Waals surface area contributed by atoms with Crippen molar-refractivity contribution in [3.8, 4) is 0 Å². The molecule has 0 atom stereocenters. The summed E-state index contributed by atoms with van der Waals surface area (Å²) in [6, 6.07) is 5.70. The highest BCUT2D eigenvalue weighted by Crippen LogP contribution is 2.25. The third kappa shape index (κ3) is 7.85. The fourth-order valence-corrected chi connectivity index (χ4v) is 5.11. The van der Waals surface area contributed by atoms with Crippen LogP contribution in [-0.2, 0) is 24.6 Å². The smallest absolute Gasteiger partial charge is 0.410 e. The number of carbonyl (C=O) groups excluding carboxylic acids is 1. The number of sulfonamides is 1. The van der Waals surface area contributed by atoms with Crippen molar-refractivity contribution in [2.24, 2.45) is 5.92 Å². The summed E-state index contributed by atoms with van der Waals surface area (Å²) in [5, 5.41) is 0. The summed E-state index contributed by atoms with van der Waals surface area (Å²) in [5.74, 6) is 0.248. The zero-order valence-electron chi connectivity index (χ0n) is 17.3. The second kappa shape index (κ2) is 8.91. The van der Waals surface area contributed by atoms with E-state index in [4.69, 9.17) is 4.74 Å². The van der Waals surface area contributed by atoms with Gasteiger partial charge < -0.3 is 9.64 Å². The predicted octanol–water partition coefficient (Wildman–Crippen LogP) is 2.87. The second-order valence-corrected chi connectivity index (χ2v) is 12.3. The number of nitrogens with zero attached hydrogens (tertiary/aromatic N) is 1. The lowest BCUT2D eigenvalue weighted by Gasteiger charge is -2.33. The highest BCUT2D eigenvalue weighted by atomic mass is 32.2. The Morgan fingerprint density at radius 1 is 1.10 bits per heavy atom. The number of anilines is 1. The molecular formula is C19H30N2O6S2. The van der Waals surface area contributed by atoms with Crippen LogP contribution in [0.3, 0.4) is 0 Å². The van der Waals surface area contributed by atoms with Gasteiger partial charge in [-0.05, 0) is 70.2 Å². The number of sulfone groups is 1. The summed E-state index contributed by atoms with van der Waals surface area (Å²) in [4.78, 5) is 13.9. The van der Waals surface area contributed by atoms with Crippen LogP contribution in [0.1, 0.15) is 40.0 Å². The molecule has 1 aromatic rings. The van der Waals surface area contributed by atoms with Crippen molar-refractivity contribution in [2.75, 3.05) is 29.8 Å². The molecule has 8 nitrogen and oxygen atoms in total. The van der Waals surface area contributed by atoms with Gasteiger partial charge in [0.1, 0.15) is 5.60 Å². The fraction of sp³-hybridized carbons (Fsp3) is 0.632. The molecule has 2 rings (SSSR count). The molecule has 1 heterocycles.